The molecule has 0 bridgehead atoms. The van der Waals surface area contributed by atoms with E-state index in [9.17, 15) is 22.8 Å². The van der Waals surface area contributed by atoms with E-state index in [1.807, 2.05) is 0 Å². The van der Waals surface area contributed by atoms with E-state index in [1.165, 1.54) is 10.4 Å². The van der Waals surface area contributed by atoms with Crippen LogP contribution < -0.4 is 15.4 Å². The number of hydrogen-bond acceptors (Lipinski definition) is 6. The number of aryl methyl sites for hydroxylation is 1. The van der Waals surface area contributed by atoms with E-state index < -0.39 is 16.1 Å². The van der Waals surface area contributed by atoms with E-state index >= 15 is 0 Å². The quantitative estimate of drug-likeness (QED) is 0.649. The number of carbonyl (C=O) groups excluding carboxylic acids is 3. The summed E-state index contributed by atoms with van der Waals surface area (Å²) in [5.41, 5.74) is 1.39. The Balaban J connectivity index is 1.40. The predicted molar refractivity (Wildman–Crippen MR) is 124 cm³/mol. The number of hydrogen-bond donors (Lipinski definition) is 2. The van der Waals surface area contributed by atoms with Gasteiger partial charge in [0.15, 0.2) is 6.61 Å². The highest BCUT2D eigenvalue weighted by molar-refractivity contribution is 7.89. The van der Waals surface area contributed by atoms with E-state index in [1.54, 1.807) is 55.1 Å². The third kappa shape index (κ3) is 4.75. The zero-order valence-corrected chi connectivity index (χ0v) is 19.7. The average Bonchev–Trinajstić information content (AvgIpc) is 2.83. The van der Waals surface area contributed by atoms with E-state index in [4.69, 9.17) is 4.74 Å². The van der Waals surface area contributed by atoms with Gasteiger partial charge in [0.2, 0.25) is 15.9 Å². The Morgan fingerprint density at radius 1 is 1.09 bits per heavy atom. The third-order valence-corrected chi connectivity index (χ3v) is 7.87. The van der Waals surface area contributed by atoms with Gasteiger partial charge in [-0.3, -0.25) is 14.4 Å². The van der Waals surface area contributed by atoms with Crippen LogP contribution in [0.25, 0.3) is 0 Å². The van der Waals surface area contributed by atoms with Crippen LogP contribution >= 0.6 is 0 Å². The molecule has 1 atom stereocenters. The lowest BCUT2D eigenvalue weighted by Crippen LogP contribution is -2.55. The number of anilines is 1. The summed E-state index contributed by atoms with van der Waals surface area (Å²) in [6, 6.07) is 10.9. The molecule has 2 aromatic rings. The maximum atomic E-state index is 13.3. The molecule has 10 nitrogen and oxygen atoms in total. The van der Waals surface area contributed by atoms with Crippen LogP contribution in [-0.4, -0.2) is 74.2 Å². The zero-order valence-electron chi connectivity index (χ0n) is 18.9. The summed E-state index contributed by atoms with van der Waals surface area (Å²) >= 11 is 0. The molecule has 1 unspecified atom stereocenters. The molecule has 0 saturated carbocycles. The Kier molecular flexibility index (Phi) is 6.58. The van der Waals surface area contributed by atoms with Crippen molar-refractivity contribution in [2.75, 3.05) is 38.1 Å². The minimum atomic E-state index is -3.83. The molecule has 180 valence electrons. The number of benzene rings is 2. The highest BCUT2D eigenvalue weighted by Gasteiger charge is 2.33. The molecule has 0 spiro atoms. The summed E-state index contributed by atoms with van der Waals surface area (Å²) in [5.74, 6) is -0.600. The molecule has 1 saturated heterocycles. The number of sulfonamides is 1. The molecular formula is C23H26N4O6S. The van der Waals surface area contributed by atoms with Gasteiger partial charge in [-0.15, -0.1) is 0 Å². The van der Waals surface area contributed by atoms with Crippen LogP contribution in [0.5, 0.6) is 5.75 Å². The molecule has 0 radical (unpaired) electrons. The average molecular weight is 487 g/mol. The van der Waals surface area contributed by atoms with Crippen molar-refractivity contribution in [1.29, 1.82) is 0 Å². The summed E-state index contributed by atoms with van der Waals surface area (Å²) in [4.78, 5) is 38.3. The van der Waals surface area contributed by atoms with Crippen LogP contribution in [-0.2, 0) is 19.6 Å². The summed E-state index contributed by atoms with van der Waals surface area (Å²) in [7, 11) is -3.83. The number of nitrogens with zero attached hydrogens (tertiary/aromatic N) is 2. The Labute approximate surface area is 197 Å². The summed E-state index contributed by atoms with van der Waals surface area (Å²) in [6.07, 6.45) is 0. The summed E-state index contributed by atoms with van der Waals surface area (Å²) < 4.78 is 33.3. The highest BCUT2D eigenvalue weighted by Crippen LogP contribution is 2.34. The Hall–Kier alpha value is -3.44. The monoisotopic (exact) mass is 486 g/mol. The number of carbonyl (C=O) groups is 3. The van der Waals surface area contributed by atoms with Gasteiger partial charge in [-0.05, 0) is 37.6 Å². The van der Waals surface area contributed by atoms with E-state index in [2.05, 4.69) is 10.6 Å². The van der Waals surface area contributed by atoms with Gasteiger partial charge >= 0.3 is 0 Å². The fourth-order valence-electron chi connectivity index (χ4n) is 3.99. The smallest absolute Gasteiger partial charge is 0.262 e. The van der Waals surface area contributed by atoms with Gasteiger partial charge in [-0.2, -0.15) is 4.31 Å². The molecule has 3 amide bonds. The number of amides is 3. The molecule has 11 heteroatoms. The number of piperazine rings is 1. The molecule has 2 heterocycles. The van der Waals surface area contributed by atoms with Gasteiger partial charge in [-0.1, -0.05) is 18.2 Å². The first-order valence-electron chi connectivity index (χ1n) is 10.9. The van der Waals surface area contributed by atoms with Crippen LogP contribution in [0.1, 0.15) is 22.8 Å². The standard InChI is InChI=1S/C23H26N4O6S/c1-15-12-18-19(33-14-21(28)25-18)13-20(15)34(31,32)27-10-8-26(9-11-27)23(30)16(2)24-22(29)17-6-4-3-5-7-17/h3-7,12-13,16H,8-11,14H2,1-2H3,(H,24,29)(H,25,28). The van der Waals surface area contributed by atoms with E-state index in [0.29, 0.717) is 22.6 Å². The molecule has 2 aliphatic heterocycles. The molecule has 4 rings (SSSR count). The molecule has 2 N–H and O–H groups in total. The van der Waals surface area contributed by atoms with Gasteiger partial charge in [0, 0.05) is 37.8 Å². The minimum Gasteiger partial charge on any atom is -0.482 e. The lowest BCUT2D eigenvalue weighted by Gasteiger charge is -2.35. The fourth-order valence-corrected chi connectivity index (χ4v) is 5.63. The minimum absolute atomic E-state index is 0.102. The number of ether oxygens (including phenoxy) is 1. The highest BCUT2D eigenvalue weighted by atomic mass is 32.2. The van der Waals surface area contributed by atoms with Crippen LogP contribution in [0.15, 0.2) is 47.4 Å². The van der Waals surface area contributed by atoms with E-state index in [-0.39, 0.29) is 55.4 Å². The lowest BCUT2D eigenvalue weighted by atomic mass is 10.2. The summed E-state index contributed by atoms with van der Waals surface area (Å²) in [6.45, 7) is 3.77. The second kappa shape index (κ2) is 9.43. The number of fused-ring (bicyclic) bond motifs is 1. The molecule has 34 heavy (non-hydrogen) atoms. The number of rotatable bonds is 5. The van der Waals surface area contributed by atoms with Crippen LogP contribution in [0, 0.1) is 6.92 Å². The SMILES string of the molecule is Cc1cc2c(cc1S(=O)(=O)N1CCN(C(=O)C(C)NC(=O)c3ccccc3)CC1)OCC(=O)N2. The number of nitrogens with one attached hydrogen (secondary N) is 2. The van der Waals surface area contributed by atoms with Gasteiger partial charge in [-0.25, -0.2) is 8.42 Å². The van der Waals surface area contributed by atoms with E-state index in [0.717, 1.165) is 0 Å². The van der Waals surface area contributed by atoms with Crippen molar-refractivity contribution in [3.8, 4) is 5.75 Å². The molecule has 2 aromatic carbocycles. The maximum Gasteiger partial charge on any atom is 0.262 e. The van der Waals surface area contributed by atoms with Gasteiger partial charge in [0.25, 0.3) is 11.8 Å². The Morgan fingerprint density at radius 3 is 2.44 bits per heavy atom. The second-order valence-corrected chi connectivity index (χ2v) is 10.1. The van der Waals surface area contributed by atoms with Gasteiger partial charge in [0.1, 0.15) is 11.8 Å². The topological polar surface area (TPSA) is 125 Å². The third-order valence-electron chi connectivity index (χ3n) is 5.83. The maximum absolute atomic E-state index is 13.3. The molecular weight excluding hydrogens is 460 g/mol. The molecule has 0 aromatic heterocycles. The van der Waals surface area contributed by atoms with Crippen molar-refractivity contribution in [3.05, 3.63) is 53.6 Å². The van der Waals surface area contributed by atoms with Gasteiger partial charge < -0.3 is 20.3 Å². The molecule has 1 fully saturated rings. The first kappa shape index (κ1) is 23.7. The molecule has 2 aliphatic rings. The van der Waals surface area contributed by atoms with Crippen molar-refractivity contribution >= 4 is 33.4 Å². The van der Waals surface area contributed by atoms with Crippen LogP contribution in [0.2, 0.25) is 0 Å². The molecule has 0 aliphatic carbocycles. The Bertz CT molecular complexity index is 1220. The van der Waals surface area contributed by atoms with Crippen molar-refractivity contribution in [3.63, 3.8) is 0 Å². The van der Waals surface area contributed by atoms with Crippen molar-refractivity contribution in [1.82, 2.24) is 14.5 Å². The summed E-state index contributed by atoms with van der Waals surface area (Å²) in [5, 5.41) is 5.36. The first-order valence-corrected chi connectivity index (χ1v) is 12.3. The largest absolute Gasteiger partial charge is 0.482 e. The van der Waals surface area contributed by atoms with Crippen molar-refractivity contribution < 1.29 is 27.5 Å². The zero-order chi connectivity index (χ0) is 24.5. The van der Waals surface area contributed by atoms with Crippen LogP contribution in [0.3, 0.4) is 0 Å². The lowest BCUT2D eigenvalue weighted by molar-refractivity contribution is -0.134. The van der Waals surface area contributed by atoms with Gasteiger partial charge in [0.05, 0.1) is 10.6 Å². The van der Waals surface area contributed by atoms with Crippen LogP contribution in [0.4, 0.5) is 5.69 Å². The Morgan fingerprint density at radius 2 is 1.76 bits per heavy atom. The van der Waals surface area contributed by atoms with Crippen molar-refractivity contribution in [2.45, 2.75) is 24.8 Å². The normalized spacial score (nSPS) is 17.2. The first-order chi connectivity index (χ1) is 16.2. The van der Waals surface area contributed by atoms with Crippen molar-refractivity contribution in [2.24, 2.45) is 0 Å². The predicted octanol–water partition coefficient (Wildman–Crippen LogP) is 0.977. The second-order valence-electron chi connectivity index (χ2n) is 8.24. The fraction of sp³-hybridized carbons (Fsp3) is 0.348.